The molecule has 87 heavy (non-hydrogen) atoms. The van der Waals surface area contributed by atoms with Crippen LogP contribution in [0, 0.1) is 29.6 Å². The van der Waals surface area contributed by atoms with Crippen molar-refractivity contribution >= 4 is 71.1 Å². The minimum absolute atomic E-state index is 0.0475. The number of cyclic esters (lactones) is 1. The van der Waals surface area contributed by atoms with Crippen molar-refractivity contribution in [3.63, 3.8) is 0 Å². The number of urea groups is 1. The van der Waals surface area contributed by atoms with E-state index in [9.17, 15) is 67.7 Å². The van der Waals surface area contributed by atoms with Crippen LogP contribution in [0.2, 0.25) is 0 Å². The summed E-state index contributed by atoms with van der Waals surface area (Å²) in [6, 6.07) is -6.63. The number of rotatable bonds is 33. The second-order valence-electron chi connectivity index (χ2n) is 23.0. The zero-order chi connectivity index (χ0) is 65.8. The topological polar surface area (TPSA) is 425 Å². The number of aliphatic hydroxyl groups excluding tert-OH is 2. The molecular formula is C59H99N13O15. The largest absolute Gasteiger partial charge is 0.458 e. The monoisotopic (exact) mass is 1230 g/mol. The third kappa shape index (κ3) is 24.3. The van der Waals surface area contributed by atoms with Crippen molar-refractivity contribution in [2.45, 2.75) is 207 Å². The van der Waals surface area contributed by atoms with Gasteiger partial charge in [-0.1, -0.05) is 125 Å². The molecule has 0 aromatic heterocycles. The van der Waals surface area contributed by atoms with Gasteiger partial charge in [0.05, 0.1) is 19.3 Å². The smallest absolute Gasteiger partial charge is 0.329 e. The Bertz CT molecular complexity index is 2470. The molecule has 12 amide bonds. The van der Waals surface area contributed by atoms with Crippen molar-refractivity contribution < 1.29 is 72.5 Å². The SMILES string of the molecule is CC[C@H](C)[C@H](NC(=O)[C@@H](Cc1ccccc1)NC)C(=O)N[C@@H](CO)C(=O)N[C@H](CCCNC(N)=O)C(=O)N[C@@H](C(=O)N[C@H](C(=O)N[C@@H](CO)C(=O)N[C@H]1C(=O)N[C@@H](C)C(=O)NC(CC(C)C)C(=O)N[C@@H]([C@@H](C)CC)C(=O)O[C@H]1C)[C@@H](C)CC)[C@@H](C)CC. The summed E-state index contributed by atoms with van der Waals surface area (Å²) in [5, 5.41) is 52.2. The second-order valence-corrected chi connectivity index (χ2v) is 23.0. The van der Waals surface area contributed by atoms with E-state index in [1.54, 1.807) is 62.4 Å². The van der Waals surface area contributed by atoms with Gasteiger partial charge in [-0.3, -0.25) is 47.9 Å². The summed E-state index contributed by atoms with van der Waals surface area (Å²) in [4.78, 5) is 165. The fourth-order valence-electron chi connectivity index (χ4n) is 9.27. The van der Waals surface area contributed by atoms with E-state index in [1.165, 1.54) is 13.8 Å². The van der Waals surface area contributed by atoms with Crippen molar-refractivity contribution in [1.29, 1.82) is 0 Å². The average Bonchev–Trinajstić information content (AvgIpc) is 3.01. The van der Waals surface area contributed by atoms with Crippen LogP contribution in [-0.2, 0) is 63.9 Å². The number of nitrogens with one attached hydrogen (secondary N) is 12. The molecule has 1 aliphatic heterocycles. The van der Waals surface area contributed by atoms with E-state index in [1.807, 2.05) is 44.2 Å². The lowest BCUT2D eigenvalue weighted by Gasteiger charge is -2.31. The second kappa shape index (κ2) is 38.0. The molecule has 1 fully saturated rings. The summed E-state index contributed by atoms with van der Waals surface area (Å²) in [6.45, 7) is 18.0. The molecule has 16 N–H and O–H groups in total. The van der Waals surface area contributed by atoms with Crippen molar-refractivity contribution in [3.8, 4) is 0 Å². The quantitative estimate of drug-likeness (QED) is 0.0275. The predicted octanol–water partition coefficient (Wildman–Crippen LogP) is -1.71. The number of amides is 12. The molecule has 1 aliphatic rings. The van der Waals surface area contributed by atoms with E-state index in [0.29, 0.717) is 19.3 Å². The van der Waals surface area contributed by atoms with E-state index in [4.69, 9.17) is 10.5 Å². The van der Waals surface area contributed by atoms with Gasteiger partial charge in [0.15, 0.2) is 0 Å². The fourth-order valence-corrected chi connectivity index (χ4v) is 9.27. The van der Waals surface area contributed by atoms with Crippen molar-refractivity contribution in [1.82, 2.24) is 63.8 Å². The molecule has 28 nitrogen and oxygen atoms in total. The standard InChI is InChI=1S/C59H99N13O15/c1-14-31(7)43(69-50(77)39(61-13)27-37-22-19-18-20-23-37)54(81)66-41(28-73)52(79)64-38(24-21-25-62-59(60)86)49(76)68-45(33(9)16-3)56(83)70-44(32(8)15-2)55(82)67-42(29-74)53(80)72-47-36(12)87-58(85)46(34(10)17-4)71-51(78)40(26-30(5)6)65-48(75)35(11)63-57(47)84/h18-20,22-23,30-36,38-47,61,73-74H,14-17,21,24-29H2,1-13H3,(H,63,84)(H,64,79)(H,65,75)(H,66,81)(H,67,82)(H,68,76)(H,69,77)(H,70,83)(H,71,78)(H,72,80)(H3,60,62,86)/t31-,32-,33-,34-,35-,36-,38+,39+,40?,41-,42-,43-,44-,45+,46-,47+/m0/s1. The number of benzene rings is 1. The molecule has 490 valence electrons. The highest BCUT2D eigenvalue weighted by atomic mass is 16.5. The lowest BCUT2D eigenvalue weighted by molar-refractivity contribution is -0.157. The number of aliphatic hydroxyl groups is 2. The van der Waals surface area contributed by atoms with Gasteiger partial charge in [-0.2, -0.15) is 0 Å². The van der Waals surface area contributed by atoms with Crippen LogP contribution in [0.3, 0.4) is 0 Å². The maximum absolute atomic E-state index is 14.5. The molecule has 0 aliphatic carbocycles. The van der Waals surface area contributed by atoms with Crippen LogP contribution < -0.4 is 69.5 Å². The molecule has 28 heteroatoms. The number of likely N-dealkylation sites (N-methyl/N-ethyl adjacent to an activating group) is 1. The fraction of sp³-hybridized carbons (Fsp3) is 0.695. The Balaban J connectivity index is 2.43. The number of nitrogens with two attached hydrogens (primary N) is 1. The Morgan fingerprint density at radius 3 is 1.53 bits per heavy atom. The minimum Gasteiger partial charge on any atom is -0.458 e. The van der Waals surface area contributed by atoms with Gasteiger partial charge in [0, 0.05) is 6.54 Å². The van der Waals surface area contributed by atoms with Crippen LogP contribution in [0.25, 0.3) is 0 Å². The highest BCUT2D eigenvalue weighted by Gasteiger charge is 2.41. The Hall–Kier alpha value is -7.46. The van der Waals surface area contributed by atoms with Crippen molar-refractivity contribution in [2.24, 2.45) is 35.3 Å². The molecule has 1 unspecified atom stereocenters. The normalized spacial score (nSPS) is 21.3. The van der Waals surface area contributed by atoms with Crippen LogP contribution in [-0.4, -0.2) is 181 Å². The van der Waals surface area contributed by atoms with E-state index < -0.39 is 181 Å². The predicted molar refractivity (Wildman–Crippen MR) is 322 cm³/mol. The number of carbonyl (C=O) groups excluding carboxylic acids is 12. The maximum atomic E-state index is 14.5. The number of carbonyl (C=O) groups is 12. The molecule has 2 rings (SSSR count). The van der Waals surface area contributed by atoms with Crippen LogP contribution in [0.5, 0.6) is 0 Å². The van der Waals surface area contributed by atoms with Crippen LogP contribution in [0.4, 0.5) is 4.79 Å². The maximum Gasteiger partial charge on any atom is 0.329 e. The van der Waals surface area contributed by atoms with Crippen LogP contribution in [0.15, 0.2) is 30.3 Å². The number of hydrogen-bond acceptors (Lipinski definition) is 16. The summed E-state index contributed by atoms with van der Waals surface area (Å²) >= 11 is 0. The molecule has 1 aromatic carbocycles. The molecular weight excluding hydrogens is 1130 g/mol. The first-order valence-electron chi connectivity index (χ1n) is 30.2. The van der Waals surface area contributed by atoms with Gasteiger partial charge in [-0.05, 0) is 81.7 Å². The first-order chi connectivity index (χ1) is 41.0. The van der Waals surface area contributed by atoms with Crippen molar-refractivity contribution in [3.05, 3.63) is 35.9 Å². The van der Waals surface area contributed by atoms with Crippen molar-refractivity contribution in [2.75, 3.05) is 26.8 Å². The average molecular weight is 1230 g/mol. The molecule has 1 heterocycles. The molecule has 0 saturated carbocycles. The van der Waals surface area contributed by atoms with E-state index in [0.717, 1.165) is 5.56 Å². The van der Waals surface area contributed by atoms with E-state index >= 15 is 0 Å². The summed E-state index contributed by atoms with van der Waals surface area (Å²) in [5.41, 5.74) is 6.12. The van der Waals surface area contributed by atoms with Gasteiger partial charge in [0.25, 0.3) is 0 Å². The molecule has 0 bridgehead atoms. The van der Waals surface area contributed by atoms with Gasteiger partial charge in [-0.15, -0.1) is 0 Å². The van der Waals surface area contributed by atoms with Gasteiger partial charge in [-0.25, -0.2) is 9.59 Å². The van der Waals surface area contributed by atoms with Gasteiger partial charge < -0.3 is 84.5 Å². The zero-order valence-corrected chi connectivity index (χ0v) is 52.8. The third-order valence-corrected chi connectivity index (χ3v) is 15.8. The highest BCUT2D eigenvalue weighted by molar-refractivity contribution is 5.99. The first kappa shape index (κ1) is 75.6. The van der Waals surface area contributed by atoms with E-state index in [2.05, 4.69) is 63.8 Å². The number of ether oxygens (including phenoxy) is 1. The lowest BCUT2D eigenvalue weighted by Crippen LogP contribution is -2.63. The Labute approximate surface area is 510 Å². The number of primary amides is 1. The third-order valence-electron chi connectivity index (χ3n) is 15.8. The summed E-state index contributed by atoms with van der Waals surface area (Å²) in [7, 11) is 1.60. The Morgan fingerprint density at radius 2 is 1.06 bits per heavy atom. The van der Waals surface area contributed by atoms with Crippen LogP contribution >= 0.6 is 0 Å². The summed E-state index contributed by atoms with van der Waals surface area (Å²) in [6.07, 6.45) is 0.311. The summed E-state index contributed by atoms with van der Waals surface area (Å²) < 4.78 is 5.72. The number of esters is 1. The minimum atomic E-state index is -1.80. The Kier molecular flexibility index (Phi) is 33.0. The van der Waals surface area contributed by atoms with Gasteiger partial charge >= 0.3 is 12.0 Å². The number of hydrogen-bond donors (Lipinski definition) is 15. The molecule has 1 saturated heterocycles. The van der Waals surface area contributed by atoms with E-state index in [-0.39, 0.29) is 44.6 Å². The van der Waals surface area contributed by atoms with Gasteiger partial charge in [0.2, 0.25) is 59.1 Å². The molecule has 0 radical (unpaired) electrons. The molecule has 0 spiro atoms. The van der Waals surface area contributed by atoms with Gasteiger partial charge in [0.1, 0.15) is 66.5 Å². The first-order valence-corrected chi connectivity index (χ1v) is 30.2. The molecule has 16 atom stereocenters. The zero-order valence-electron chi connectivity index (χ0n) is 52.8. The lowest BCUT2D eigenvalue weighted by atomic mass is 9.94. The van der Waals surface area contributed by atoms with Crippen LogP contribution in [0.1, 0.15) is 134 Å². The summed E-state index contributed by atoms with van der Waals surface area (Å²) in [5.74, 6) is -11.8. The highest BCUT2D eigenvalue weighted by Crippen LogP contribution is 2.18. The Morgan fingerprint density at radius 1 is 0.586 bits per heavy atom. The molecule has 1 aromatic rings.